The Labute approximate surface area is 309 Å². The first kappa shape index (κ1) is 31.4. The van der Waals surface area contributed by atoms with E-state index in [1.54, 1.807) is 0 Å². The predicted molar refractivity (Wildman–Crippen MR) is 217 cm³/mol. The van der Waals surface area contributed by atoms with E-state index in [4.69, 9.17) is 15.0 Å². The predicted octanol–water partition coefficient (Wildman–Crippen LogP) is 11.7. The van der Waals surface area contributed by atoms with Gasteiger partial charge in [0.05, 0.1) is 11.0 Å². The van der Waals surface area contributed by atoms with Gasteiger partial charge in [-0.1, -0.05) is 153 Å². The second-order valence-corrected chi connectivity index (χ2v) is 14.3. The maximum Gasteiger partial charge on any atom is 0.163 e. The van der Waals surface area contributed by atoms with Gasteiger partial charge in [-0.2, -0.15) is 0 Å². The monoisotopic (exact) mass is 682 g/mol. The molecule has 0 saturated carbocycles. The van der Waals surface area contributed by atoms with Crippen LogP contribution in [0, 0.1) is 6.92 Å². The van der Waals surface area contributed by atoms with Gasteiger partial charge in [-0.3, -0.25) is 0 Å². The van der Waals surface area contributed by atoms with Crippen LogP contribution in [0.2, 0.25) is 0 Å². The summed E-state index contributed by atoms with van der Waals surface area (Å²) in [6.45, 7) is 4.53. The molecule has 0 radical (unpaired) electrons. The van der Waals surface area contributed by atoms with E-state index in [0.717, 1.165) is 35.3 Å². The highest BCUT2D eigenvalue weighted by atomic mass is 15.1. The maximum absolute atomic E-state index is 5.61. The van der Waals surface area contributed by atoms with Crippen LogP contribution in [0.15, 0.2) is 164 Å². The quantitative estimate of drug-likeness (QED) is 0.181. The fourth-order valence-electron chi connectivity index (χ4n) is 8.93. The minimum absolute atomic E-state index is 0.210. The third-order valence-corrected chi connectivity index (χ3v) is 11.4. The normalized spacial score (nSPS) is 17.8. The Morgan fingerprint density at radius 1 is 0.566 bits per heavy atom. The summed E-state index contributed by atoms with van der Waals surface area (Å²) in [4.78, 5) is 16.4. The van der Waals surface area contributed by atoms with E-state index in [0.29, 0.717) is 11.6 Å². The van der Waals surface area contributed by atoms with Crippen molar-refractivity contribution >= 4 is 27.5 Å². The molecule has 2 aliphatic rings. The molecule has 6 aromatic carbocycles. The van der Waals surface area contributed by atoms with Crippen molar-refractivity contribution in [2.75, 3.05) is 0 Å². The molecule has 4 nitrogen and oxygen atoms in total. The Morgan fingerprint density at radius 2 is 1.19 bits per heavy atom. The summed E-state index contributed by atoms with van der Waals surface area (Å²) in [5.74, 6) is 2.25. The summed E-state index contributed by atoms with van der Waals surface area (Å²) >= 11 is 0. The van der Waals surface area contributed by atoms with Gasteiger partial charge < -0.3 is 4.57 Å². The summed E-state index contributed by atoms with van der Waals surface area (Å²) < 4.78 is 2.40. The molecule has 53 heavy (non-hydrogen) atoms. The van der Waals surface area contributed by atoms with Crippen molar-refractivity contribution in [3.8, 4) is 22.8 Å². The van der Waals surface area contributed by atoms with Crippen LogP contribution < -0.4 is 0 Å². The van der Waals surface area contributed by atoms with E-state index in [1.165, 1.54) is 55.4 Å². The lowest BCUT2D eigenvalue weighted by atomic mass is 9.59. The van der Waals surface area contributed by atoms with Crippen LogP contribution in [0.3, 0.4) is 0 Å². The minimum Gasteiger partial charge on any atom is -0.310 e. The highest BCUT2D eigenvalue weighted by molar-refractivity contribution is 6.11. The molecule has 2 aliphatic carbocycles. The molecule has 2 aromatic heterocycles. The molecular formula is C49H38N4. The first-order chi connectivity index (χ1) is 26.1. The Balaban J connectivity index is 1.31. The van der Waals surface area contributed by atoms with Crippen molar-refractivity contribution in [3.63, 3.8) is 0 Å². The van der Waals surface area contributed by atoms with E-state index in [1.807, 2.05) is 6.07 Å². The van der Waals surface area contributed by atoms with Crippen LogP contribution >= 0.6 is 0 Å². The standard InChI is InChI=1S/C49H38N4/c1-32-17-9-13-25-41(32)49(42-26-14-10-22-37(42)33(2)38-23-11-15-27-43(38)49)48-51-46(34-18-5-3-6-19-34)50-47(52-48)35-29-30-40-39-24-12-16-28-44(39)53(45(40)31-35)36-20-7-4-8-21-36/h3,5-7,9-31,33H,4,8H2,1-2H3. The fraction of sp³-hybridized carbons (Fsp3) is 0.122. The number of nitrogens with zero attached hydrogens (tertiary/aromatic N) is 4. The van der Waals surface area contributed by atoms with Gasteiger partial charge >= 0.3 is 0 Å². The number of rotatable bonds is 5. The molecule has 0 N–H and O–H groups in total. The molecule has 4 heteroatoms. The zero-order chi connectivity index (χ0) is 35.5. The molecule has 0 saturated heterocycles. The van der Waals surface area contributed by atoms with Crippen LogP contribution in [-0.2, 0) is 5.41 Å². The molecule has 8 aromatic rings. The summed E-state index contributed by atoms with van der Waals surface area (Å²) in [5, 5.41) is 2.44. The molecule has 254 valence electrons. The number of aromatic nitrogens is 4. The van der Waals surface area contributed by atoms with Gasteiger partial charge in [0.25, 0.3) is 0 Å². The first-order valence-corrected chi connectivity index (χ1v) is 18.6. The Morgan fingerprint density at radius 3 is 1.91 bits per heavy atom. The molecule has 10 rings (SSSR count). The van der Waals surface area contributed by atoms with Gasteiger partial charge in [-0.25, -0.2) is 15.0 Å². The van der Waals surface area contributed by atoms with Crippen molar-refractivity contribution in [1.82, 2.24) is 19.5 Å². The zero-order valence-corrected chi connectivity index (χ0v) is 29.9. The molecule has 0 aliphatic heterocycles. The third-order valence-electron chi connectivity index (χ3n) is 11.4. The van der Waals surface area contributed by atoms with Crippen molar-refractivity contribution in [1.29, 1.82) is 0 Å². The molecule has 0 bridgehead atoms. The number of fused-ring (bicyclic) bond motifs is 5. The largest absolute Gasteiger partial charge is 0.310 e. The Kier molecular flexibility index (Phi) is 7.33. The summed E-state index contributed by atoms with van der Waals surface area (Å²) in [6, 6.07) is 52.3. The summed E-state index contributed by atoms with van der Waals surface area (Å²) in [7, 11) is 0. The molecule has 0 unspecified atom stereocenters. The lowest BCUT2D eigenvalue weighted by molar-refractivity contribution is 0.622. The SMILES string of the molecule is Cc1ccccc1C1(c2nc(-c3ccccc3)nc(-c3ccc4c5ccccc5n(C5=CCCC=C5)c4c3)n2)c2ccccc2C(C)c2ccccc21. The summed E-state index contributed by atoms with van der Waals surface area (Å²) in [6.07, 6.45) is 8.96. The van der Waals surface area contributed by atoms with E-state index < -0.39 is 5.41 Å². The number of hydrogen-bond donors (Lipinski definition) is 0. The second kappa shape index (κ2) is 12.4. The van der Waals surface area contributed by atoms with E-state index >= 15 is 0 Å². The van der Waals surface area contributed by atoms with Crippen molar-refractivity contribution in [3.05, 3.63) is 203 Å². The van der Waals surface area contributed by atoms with Crippen molar-refractivity contribution in [2.45, 2.75) is 38.0 Å². The van der Waals surface area contributed by atoms with Crippen LogP contribution in [0.1, 0.15) is 64.9 Å². The number of hydrogen-bond acceptors (Lipinski definition) is 3. The molecule has 0 spiro atoms. The van der Waals surface area contributed by atoms with Crippen LogP contribution in [0.5, 0.6) is 0 Å². The number of allylic oxidation sites excluding steroid dienone is 4. The number of benzene rings is 6. The number of aryl methyl sites for hydroxylation is 1. The zero-order valence-electron chi connectivity index (χ0n) is 29.9. The van der Waals surface area contributed by atoms with Crippen LogP contribution in [0.4, 0.5) is 0 Å². The fourth-order valence-corrected chi connectivity index (χ4v) is 8.93. The smallest absolute Gasteiger partial charge is 0.163 e. The van der Waals surface area contributed by atoms with Crippen molar-refractivity contribution < 1.29 is 0 Å². The third kappa shape index (κ3) is 4.79. The van der Waals surface area contributed by atoms with Gasteiger partial charge in [-0.05, 0) is 71.4 Å². The Bertz CT molecular complexity index is 2720. The highest BCUT2D eigenvalue weighted by Crippen LogP contribution is 2.54. The topological polar surface area (TPSA) is 43.6 Å². The number of para-hydroxylation sites is 1. The van der Waals surface area contributed by atoms with Gasteiger partial charge in [-0.15, -0.1) is 0 Å². The van der Waals surface area contributed by atoms with Gasteiger partial charge in [0.1, 0.15) is 5.41 Å². The minimum atomic E-state index is -0.789. The lowest BCUT2D eigenvalue weighted by Gasteiger charge is -2.43. The van der Waals surface area contributed by atoms with Gasteiger partial charge in [0.15, 0.2) is 17.5 Å². The Hall–Kier alpha value is -6.39. The van der Waals surface area contributed by atoms with Crippen LogP contribution in [-0.4, -0.2) is 19.5 Å². The highest BCUT2D eigenvalue weighted by Gasteiger charge is 2.49. The van der Waals surface area contributed by atoms with E-state index in [2.05, 4.69) is 176 Å². The average Bonchev–Trinajstić information content (AvgIpc) is 3.56. The molecule has 2 heterocycles. The lowest BCUT2D eigenvalue weighted by Crippen LogP contribution is -2.39. The summed E-state index contributed by atoms with van der Waals surface area (Å²) in [5.41, 5.74) is 12.0. The van der Waals surface area contributed by atoms with E-state index in [-0.39, 0.29) is 5.92 Å². The molecule has 0 atom stereocenters. The van der Waals surface area contributed by atoms with Crippen molar-refractivity contribution in [2.24, 2.45) is 0 Å². The first-order valence-electron chi connectivity index (χ1n) is 18.6. The molecular weight excluding hydrogens is 645 g/mol. The molecule has 0 fully saturated rings. The van der Waals surface area contributed by atoms with Gasteiger partial charge in [0, 0.05) is 33.5 Å². The average molecular weight is 683 g/mol. The second-order valence-electron chi connectivity index (χ2n) is 14.3. The van der Waals surface area contributed by atoms with Gasteiger partial charge in [0.2, 0.25) is 0 Å². The van der Waals surface area contributed by atoms with Crippen LogP contribution in [0.25, 0.3) is 50.3 Å². The molecule has 0 amide bonds. The van der Waals surface area contributed by atoms with E-state index in [9.17, 15) is 0 Å². The maximum atomic E-state index is 5.61.